The summed E-state index contributed by atoms with van der Waals surface area (Å²) >= 11 is 0. The number of rotatable bonds is 3. The Morgan fingerprint density at radius 1 is 1.11 bits per heavy atom. The fourth-order valence-electron chi connectivity index (χ4n) is 2.54. The highest BCUT2D eigenvalue weighted by atomic mass is 16.5. The molecule has 0 fully saturated rings. The van der Waals surface area contributed by atoms with Gasteiger partial charge in [0.1, 0.15) is 5.75 Å². The van der Waals surface area contributed by atoms with Crippen molar-refractivity contribution in [3.8, 4) is 5.75 Å². The summed E-state index contributed by atoms with van der Waals surface area (Å²) in [5, 5.41) is 10.3. The van der Waals surface area contributed by atoms with Crippen LogP contribution < -0.4 is 4.74 Å². The second kappa shape index (κ2) is 5.45. The fourth-order valence-corrected chi connectivity index (χ4v) is 2.54. The molecule has 0 aliphatic carbocycles. The van der Waals surface area contributed by atoms with Crippen LogP contribution in [-0.2, 0) is 12.8 Å². The minimum Gasteiger partial charge on any atom is -0.493 e. The summed E-state index contributed by atoms with van der Waals surface area (Å²) in [6.45, 7) is 0.804. The third-order valence-corrected chi connectivity index (χ3v) is 3.59. The summed E-state index contributed by atoms with van der Waals surface area (Å²) < 4.78 is 5.59. The number of benzene rings is 2. The van der Waals surface area contributed by atoms with Gasteiger partial charge in [0.2, 0.25) is 0 Å². The van der Waals surface area contributed by atoms with Gasteiger partial charge < -0.3 is 9.84 Å². The van der Waals surface area contributed by atoms with Crippen LogP contribution in [0.4, 0.5) is 0 Å². The monoisotopic (exact) mass is 254 g/mol. The van der Waals surface area contributed by atoms with Crippen LogP contribution in [0.2, 0.25) is 0 Å². The van der Waals surface area contributed by atoms with Crippen LogP contribution in [0.5, 0.6) is 5.75 Å². The predicted octanol–water partition coefficient (Wildman–Crippen LogP) is 3.29. The van der Waals surface area contributed by atoms with Crippen molar-refractivity contribution < 1.29 is 9.84 Å². The number of aliphatic hydroxyl groups excluding tert-OH is 1. The molecule has 2 heteroatoms. The van der Waals surface area contributed by atoms with Crippen molar-refractivity contribution >= 4 is 0 Å². The Labute approximate surface area is 113 Å². The first-order valence-corrected chi connectivity index (χ1v) is 6.80. The molecule has 2 aromatic carbocycles. The largest absolute Gasteiger partial charge is 0.493 e. The van der Waals surface area contributed by atoms with Crippen LogP contribution in [0.1, 0.15) is 29.2 Å². The van der Waals surface area contributed by atoms with Gasteiger partial charge in [-0.05, 0) is 41.7 Å². The minimum absolute atomic E-state index is 0.449. The number of aliphatic hydroxyl groups is 1. The van der Waals surface area contributed by atoms with Crippen LogP contribution in [0.15, 0.2) is 48.5 Å². The first kappa shape index (κ1) is 12.2. The smallest absolute Gasteiger partial charge is 0.122 e. The Morgan fingerprint density at radius 3 is 2.79 bits per heavy atom. The van der Waals surface area contributed by atoms with Gasteiger partial charge >= 0.3 is 0 Å². The van der Waals surface area contributed by atoms with E-state index in [0.717, 1.165) is 36.3 Å². The van der Waals surface area contributed by atoms with Crippen molar-refractivity contribution in [1.29, 1.82) is 0 Å². The van der Waals surface area contributed by atoms with E-state index in [1.54, 1.807) is 0 Å². The van der Waals surface area contributed by atoms with Crippen LogP contribution in [0.25, 0.3) is 0 Å². The molecule has 1 aliphatic rings. The summed E-state index contributed by atoms with van der Waals surface area (Å²) in [6, 6.07) is 16.1. The van der Waals surface area contributed by atoms with Gasteiger partial charge in [0, 0.05) is 6.42 Å². The van der Waals surface area contributed by atoms with E-state index in [-0.39, 0.29) is 0 Å². The van der Waals surface area contributed by atoms with Gasteiger partial charge in [-0.15, -0.1) is 0 Å². The predicted molar refractivity (Wildman–Crippen MR) is 75.4 cm³/mol. The third-order valence-electron chi connectivity index (χ3n) is 3.59. The molecule has 0 saturated carbocycles. The van der Waals surface area contributed by atoms with E-state index in [9.17, 15) is 5.11 Å². The van der Waals surface area contributed by atoms with Crippen LogP contribution in [0, 0.1) is 0 Å². The zero-order chi connectivity index (χ0) is 13.1. The molecule has 0 bridgehead atoms. The number of fused-ring (bicyclic) bond motifs is 1. The number of hydrogen-bond donors (Lipinski definition) is 1. The van der Waals surface area contributed by atoms with Gasteiger partial charge in [0.15, 0.2) is 0 Å². The van der Waals surface area contributed by atoms with E-state index >= 15 is 0 Å². The van der Waals surface area contributed by atoms with Crippen LogP contribution in [-0.4, -0.2) is 11.7 Å². The Morgan fingerprint density at radius 2 is 1.95 bits per heavy atom. The Bertz CT molecular complexity index is 548. The van der Waals surface area contributed by atoms with Gasteiger partial charge in [-0.2, -0.15) is 0 Å². The van der Waals surface area contributed by atoms with Gasteiger partial charge in [0.05, 0.1) is 12.7 Å². The fraction of sp³-hybridized carbons (Fsp3) is 0.294. The molecule has 1 atom stereocenters. The summed E-state index contributed by atoms with van der Waals surface area (Å²) in [7, 11) is 0. The normalized spacial score (nSPS) is 15.4. The molecule has 0 radical (unpaired) electrons. The summed E-state index contributed by atoms with van der Waals surface area (Å²) in [5.41, 5.74) is 3.35. The average molecular weight is 254 g/mol. The average Bonchev–Trinajstić information content (AvgIpc) is 2.48. The molecule has 1 N–H and O–H groups in total. The summed E-state index contributed by atoms with van der Waals surface area (Å²) in [4.78, 5) is 0. The van der Waals surface area contributed by atoms with Crippen molar-refractivity contribution in [2.75, 3.05) is 6.61 Å². The molecule has 1 aliphatic heterocycles. The highest BCUT2D eigenvalue weighted by Crippen LogP contribution is 2.28. The van der Waals surface area contributed by atoms with Crippen molar-refractivity contribution in [3.05, 3.63) is 65.2 Å². The van der Waals surface area contributed by atoms with Crippen LogP contribution >= 0.6 is 0 Å². The second-order valence-electron chi connectivity index (χ2n) is 5.02. The highest BCUT2D eigenvalue weighted by Gasteiger charge is 2.14. The molecule has 0 amide bonds. The maximum absolute atomic E-state index is 10.3. The highest BCUT2D eigenvalue weighted by molar-refractivity contribution is 5.39. The second-order valence-corrected chi connectivity index (χ2v) is 5.02. The molecule has 2 nitrogen and oxygen atoms in total. The van der Waals surface area contributed by atoms with E-state index in [1.807, 2.05) is 42.5 Å². The summed E-state index contributed by atoms with van der Waals surface area (Å²) in [5.74, 6) is 0.974. The zero-order valence-electron chi connectivity index (χ0n) is 10.9. The molecule has 0 aromatic heterocycles. The zero-order valence-corrected chi connectivity index (χ0v) is 10.9. The molecule has 0 spiro atoms. The molecule has 98 valence electrons. The molecule has 1 unspecified atom stereocenters. The number of aryl methyl sites for hydroxylation is 1. The first-order chi connectivity index (χ1) is 9.33. The van der Waals surface area contributed by atoms with Gasteiger partial charge in [-0.3, -0.25) is 0 Å². The van der Waals surface area contributed by atoms with E-state index in [2.05, 4.69) is 6.07 Å². The van der Waals surface area contributed by atoms with E-state index in [4.69, 9.17) is 4.74 Å². The van der Waals surface area contributed by atoms with E-state index < -0.39 is 6.10 Å². The van der Waals surface area contributed by atoms with E-state index in [0.29, 0.717) is 6.42 Å². The molecular formula is C17H18O2. The SMILES string of the molecule is OC(Cc1ccccc1)c1ccc2c(c1)CCCO2. The molecule has 1 heterocycles. The van der Waals surface area contributed by atoms with Gasteiger partial charge in [-0.25, -0.2) is 0 Å². The Hall–Kier alpha value is -1.80. The van der Waals surface area contributed by atoms with Crippen molar-refractivity contribution in [2.24, 2.45) is 0 Å². The van der Waals surface area contributed by atoms with Gasteiger partial charge in [0.25, 0.3) is 0 Å². The Kier molecular flexibility index (Phi) is 3.51. The minimum atomic E-state index is -0.449. The lowest BCUT2D eigenvalue weighted by Crippen LogP contribution is -2.10. The summed E-state index contributed by atoms with van der Waals surface area (Å²) in [6.07, 6.45) is 2.31. The lowest BCUT2D eigenvalue weighted by atomic mass is 9.97. The Balaban J connectivity index is 1.78. The quantitative estimate of drug-likeness (QED) is 0.910. The lowest BCUT2D eigenvalue weighted by molar-refractivity contribution is 0.178. The van der Waals surface area contributed by atoms with Gasteiger partial charge in [-0.1, -0.05) is 36.4 Å². The first-order valence-electron chi connectivity index (χ1n) is 6.80. The molecule has 19 heavy (non-hydrogen) atoms. The number of hydrogen-bond acceptors (Lipinski definition) is 2. The van der Waals surface area contributed by atoms with Crippen LogP contribution in [0.3, 0.4) is 0 Å². The standard InChI is InChI=1S/C17H18O2/c18-16(11-13-5-2-1-3-6-13)14-8-9-17-15(12-14)7-4-10-19-17/h1-3,5-6,8-9,12,16,18H,4,7,10-11H2. The topological polar surface area (TPSA) is 29.5 Å². The maximum Gasteiger partial charge on any atom is 0.122 e. The van der Waals surface area contributed by atoms with Crippen molar-refractivity contribution in [3.63, 3.8) is 0 Å². The third kappa shape index (κ3) is 2.79. The molecule has 3 rings (SSSR count). The molecule has 0 saturated heterocycles. The van der Waals surface area contributed by atoms with E-state index in [1.165, 1.54) is 5.56 Å². The van der Waals surface area contributed by atoms with Crippen molar-refractivity contribution in [1.82, 2.24) is 0 Å². The molecular weight excluding hydrogens is 236 g/mol. The maximum atomic E-state index is 10.3. The number of ether oxygens (including phenoxy) is 1. The van der Waals surface area contributed by atoms with Crippen molar-refractivity contribution in [2.45, 2.75) is 25.4 Å². The lowest BCUT2D eigenvalue weighted by Gasteiger charge is -2.19. The molecule has 2 aromatic rings.